The average molecular weight is 286 g/mol. The quantitative estimate of drug-likeness (QED) is 0.478. The lowest BCUT2D eigenvalue weighted by Gasteiger charge is -2.08. The van der Waals surface area contributed by atoms with E-state index in [1.165, 1.54) is 17.7 Å². The molecule has 0 aliphatic carbocycles. The summed E-state index contributed by atoms with van der Waals surface area (Å²) in [4.78, 5) is 10.3. The van der Waals surface area contributed by atoms with E-state index in [1.807, 2.05) is 37.3 Å². The Kier molecular flexibility index (Phi) is 5.15. The molecule has 2 aromatic rings. The fourth-order valence-corrected chi connectivity index (χ4v) is 1.86. The molecule has 5 heteroatoms. The Bertz CT molecular complexity index is 597. The number of hydrogen-bond donors (Lipinski definition) is 1. The molecule has 1 N–H and O–H groups in total. The van der Waals surface area contributed by atoms with E-state index in [0.29, 0.717) is 13.2 Å². The molecule has 0 aliphatic heterocycles. The van der Waals surface area contributed by atoms with Gasteiger partial charge in [-0.2, -0.15) is 0 Å². The second kappa shape index (κ2) is 7.28. The van der Waals surface area contributed by atoms with E-state index in [-0.39, 0.29) is 5.69 Å². The predicted molar refractivity (Wildman–Crippen MR) is 82.9 cm³/mol. The summed E-state index contributed by atoms with van der Waals surface area (Å²) in [5.41, 5.74) is 2.05. The normalized spacial score (nSPS) is 10.1. The Morgan fingerprint density at radius 3 is 2.67 bits per heavy atom. The van der Waals surface area contributed by atoms with Gasteiger partial charge < -0.3 is 10.1 Å². The van der Waals surface area contributed by atoms with Gasteiger partial charge in [0.2, 0.25) is 0 Å². The van der Waals surface area contributed by atoms with Gasteiger partial charge in [0.1, 0.15) is 5.75 Å². The first-order chi connectivity index (χ1) is 10.1. The first-order valence-corrected chi connectivity index (χ1v) is 6.83. The van der Waals surface area contributed by atoms with Gasteiger partial charge in [-0.25, -0.2) is 0 Å². The minimum atomic E-state index is -0.397. The zero-order valence-corrected chi connectivity index (χ0v) is 11.9. The van der Waals surface area contributed by atoms with Crippen molar-refractivity contribution in [1.82, 2.24) is 0 Å². The van der Waals surface area contributed by atoms with Crippen LogP contribution in [0.2, 0.25) is 0 Å². The summed E-state index contributed by atoms with van der Waals surface area (Å²) in [6.07, 6.45) is 0.816. The summed E-state index contributed by atoms with van der Waals surface area (Å²) in [7, 11) is 0. The smallest absolute Gasteiger partial charge is 0.271 e. The predicted octanol–water partition coefficient (Wildman–Crippen LogP) is 3.78. The number of nitro benzene ring substituents is 1. The van der Waals surface area contributed by atoms with Crippen molar-refractivity contribution >= 4 is 11.4 Å². The molecule has 0 amide bonds. The largest absolute Gasteiger partial charge is 0.494 e. The van der Waals surface area contributed by atoms with Crippen LogP contribution in [-0.2, 0) is 0 Å². The van der Waals surface area contributed by atoms with Crippen LogP contribution in [0.5, 0.6) is 5.75 Å². The van der Waals surface area contributed by atoms with Crippen LogP contribution >= 0.6 is 0 Å². The number of anilines is 1. The second-order valence-corrected chi connectivity index (χ2v) is 4.75. The molecule has 5 nitrogen and oxygen atoms in total. The third kappa shape index (κ3) is 4.80. The molecule has 0 heterocycles. The van der Waals surface area contributed by atoms with Crippen molar-refractivity contribution in [2.24, 2.45) is 0 Å². The van der Waals surface area contributed by atoms with Gasteiger partial charge in [0.05, 0.1) is 11.5 Å². The van der Waals surface area contributed by atoms with E-state index < -0.39 is 4.92 Å². The van der Waals surface area contributed by atoms with Gasteiger partial charge in [0, 0.05) is 24.4 Å². The topological polar surface area (TPSA) is 64.4 Å². The zero-order valence-electron chi connectivity index (χ0n) is 11.9. The monoisotopic (exact) mass is 286 g/mol. The molecular formula is C16H18N2O3. The van der Waals surface area contributed by atoms with Gasteiger partial charge in [0.25, 0.3) is 5.69 Å². The lowest BCUT2D eigenvalue weighted by molar-refractivity contribution is -0.384. The molecular weight excluding hydrogens is 268 g/mol. The minimum Gasteiger partial charge on any atom is -0.494 e. The number of ether oxygens (including phenoxy) is 1. The van der Waals surface area contributed by atoms with Crippen molar-refractivity contribution in [2.75, 3.05) is 18.5 Å². The van der Waals surface area contributed by atoms with Crippen molar-refractivity contribution in [3.05, 3.63) is 64.2 Å². The first-order valence-electron chi connectivity index (χ1n) is 6.83. The number of non-ortho nitro benzene ring substituents is 1. The first kappa shape index (κ1) is 14.8. The maximum atomic E-state index is 10.7. The fraction of sp³-hybridized carbons (Fsp3) is 0.250. The summed E-state index contributed by atoms with van der Waals surface area (Å²) >= 11 is 0. The Balaban J connectivity index is 1.71. The van der Waals surface area contributed by atoms with Crippen LogP contribution in [-0.4, -0.2) is 18.1 Å². The molecule has 0 bridgehead atoms. The summed E-state index contributed by atoms with van der Waals surface area (Å²) < 4.78 is 5.61. The summed E-state index contributed by atoms with van der Waals surface area (Å²) in [5, 5.41) is 13.8. The van der Waals surface area contributed by atoms with Gasteiger partial charge in [-0.05, 0) is 31.5 Å². The fourth-order valence-electron chi connectivity index (χ4n) is 1.86. The molecule has 21 heavy (non-hydrogen) atoms. The van der Waals surface area contributed by atoms with Gasteiger partial charge in [-0.1, -0.05) is 23.8 Å². The lowest BCUT2D eigenvalue weighted by Crippen LogP contribution is -2.07. The third-order valence-corrected chi connectivity index (χ3v) is 3.00. The Labute approximate surface area is 123 Å². The van der Waals surface area contributed by atoms with Crippen LogP contribution < -0.4 is 10.1 Å². The maximum Gasteiger partial charge on any atom is 0.271 e. The lowest BCUT2D eigenvalue weighted by atomic mass is 10.2. The van der Waals surface area contributed by atoms with Gasteiger partial charge in [-0.3, -0.25) is 10.1 Å². The molecule has 0 unspecified atom stereocenters. The molecule has 2 aromatic carbocycles. The van der Waals surface area contributed by atoms with Crippen molar-refractivity contribution < 1.29 is 9.66 Å². The molecule has 0 aliphatic rings. The van der Waals surface area contributed by atoms with Crippen LogP contribution in [0.1, 0.15) is 12.0 Å². The number of aryl methyl sites for hydroxylation is 1. The molecule has 0 spiro atoms. The zero-order chi connectivity index (χ0) is 15.1. The van der Waals surface area contributed by atoms with E-state index in [4.69, 9.17) is 4.74 Å². The number of benzene rings is 2. The SMILES string of the molecule is Cc1ccc(OCCCNc2cccc([N+](=O)[O-])c2)cc1. The van der Waals surface area contributed by atoms with Crippen LogP contribution in [0.15, 0.2) is 48.5 Å². The summed E-state index contributed by atoms with van der Waals surface area (Å²) in [6, 6.07) is 14.4. The van der Waals surface area contributed by atoms with E-state index in [1.54, 1.807) is 6.07 Å². The number of rotatable bonds is 7. The van der Waals surface area contributed by atoms with Crippen molar-refractivity contribution in [2.45, 2.75) is 13.3 Å². The number of hydrogen-bond acceptors (Lipinski definition) is 4. The molecule has 110 valence electrons. The molecule has 0 saturated heterocycles. The number of nitro groups is 1. The van der Waals surface area contributed by atoms with Crippen molar-refractivity contribution in [3.63, 3.8) is 0 Å². The second-order valence-electron chi connectivity index (χ2n) is 4.75. The van der Waals surface area contributed by atoms with E-state index in [2.05, 4.69) is 5.32 Å². The summed E-state index contributed by atoms with van der Waals surface area (Å²) in [6.45, 7) is 3.34. The molecule has 0 atom stereocenters. The molecule has 0 radical (unpaired) electrons. The molecule has 2 rings (SSSR count). The van der Waals surface area contributed by atoms with E-state index in [9.17, 15) is 10.1 Å². The Morgan fingerprint density at radius 1 is 1.19 bits per heavy atom. The van der Waals surface area contributed by atoms with E-state index >= 15 is 0 Å². The highest BCUT2D eigenvalue weighted by atomic mass is 16.6. The number of nitrogens with one attached hydrogen (secondary N) is 1. The Morgan fingerprint density at radius 2 is 1.95 bits per heavy atom. The molecule has 0 saturated carbocycles. The van der Waals surface area contributed by atoms with Crippen molar-refractivity contribution in [1.29, 1.82) is 0 Å². The average Bonchev–Trinajstić information content (AvgIpc) is 2.49. The minimum absolute atomic E-state index is 0.0934. The summed E-state index contributed by atoms with van der Waals surface area (Å²) in [5.74, 6) is 0.857. The standard InChI is InChI=1S/C16H18N2O3/c1-13-6-8-16(9-7-13)21-11-3-10-17-14-4-2-5-15(12-14)18(19)20/h2,4-9,12,17H,3,10-11H2,1H3. The highest BCUT2D eigenvalue weighted by molar-refractivity contribution is 5.50. The maximum absolute atomic E-state index is 10.7. The Hall–Kier alpha value is -2.56. The van der Waals surface area contributed by atoms with Crippen LogP contribution in [0, 0.1) is 17.0 Å². The highest BCUT2D eigenvalue weighted by Gasteiger charge is 2.04. The van der Waals surface area contributed by atoms with Gasteiger partial charge in [-0.15, -0.1) is 0 Å². The van der Waals surface area contributed by atoms with E-state index in [0.717, 1.165) is 17.9 Å². The molecule has 0 fully saturated rings. The van der Waals surface area contributed by atoms with Gasteiger partial charge in [0.15, 0.2) is 0 Å². The van der Waals surface area contributed by atoms with Crippen LogP contribution in [0.4, 0.5) is 11.4 Å². The van der Waals surface area contributed by atoms with Crippen molar-refractivity contribution in [3.8, 4) is 5.75 Å². The van der Waals surface area contributed by atoms with Crippen LogP contribution in [0.25, 0.3) is 0 Å². The number of nitrogens with zero attached hydrogens (tertiary/aromatic N) is 1. The third-order valence-electron chi connectivity index (χ3n) is 3.00. The van der Waals surface area contributed by atoms with Gasteiger partial charge >= 0.3 is 0 Å². The van der Waals surface area contributed by atoms with Crippen LogP contribution in [0.3, 0.4) is 0 Å². The molecule has 0 aromatic heterocycles. The highest BCUT2D eigenvalue weighted by Crippen LogP contribution is 2.17.